The number of benzene rings is 2. The number of nitrogens with one attached hydrogen (secondary N) is 2. The zero-order valence-corrected chi connectivity index (χ0v) is 22.9. The lowest BCUT2D eigenvalue weighted by Gasteiger charge is -2.44. The highest BCUT2D eigenvalue weighted by atomic mass is 16.7. The van der Waals surface area contributed by atoms with E-state index in [9.17, 15) is 9.90 Å². The third kappa shape index (κ3) is 6.80. The highest BCUT2D eigenvalue weighted by Crippen LogP contribution is 2.42. The molecule has 3 aliphatic rings. The fraction of sp³-hybridized carbons (Fsp3) is 0.567. The molecular weight excluding hydrogens is 498 g/mol. The summed E-state index contributed by atoms with van der Waals surface area (Å²) in [6.07, 6.45) is 1.03. The Hall–Kier alpha value is -2.53. The smallest absolute Gasteiger partial charge is 0.315 e. The molecular formula is C30H41N3O6. The number of urea groups is 1. The van der Waals surface area contributed by atoms with E-state index in [0.29, 0.717) is 26.3 Å². The third-order valence-corrected chi connectivity index (χ3v) is 8.04. The molecule has 0 saturated carbocycles. The van der Waals surface area contributed by atoms with E-state index in [1.807, 2.05) is 55.5 Å². The van der Waals surface area contributed by atoms with Gasteiger partial charge < -0.3 is 39.6 Å². The van der Waals surface area contributed by atoms with Crippen molar-refractivity contribution in [3.8, 4) is 0 Å². The van der Waals surface area contributed by atoms with Crippen LogP contribution in [0.2, 0.25) is 0 Å². The summed E-state index contributed by atoms with van der Waals surface area (Å²) in [5, 5.41) is 15.1. The maximum Gasteiger partial charge on any atom is 0.315 e. The lowest BCUT2D eigenvalue weighted by atomic mass is 9.89. The van der Waals surface area contributed by atoms with Crippen molar-refractivity contribution >= 4 is 6.03 Å². The van der Waals surface area contributed by atoms with E-state index in [2.05, 4.69) is 22.5 Å². The topological polar surface area (TPSA) is 102 Å². The van der Waals surface area contributed by atoms with Crippen molar-refractivity contribution in [1.82, 2.24) is 15.5 Å². The average molecular weight is 540 g/mol. The second-order valence-electron chi connectivity index (χ2n) is 10.7. The van der Waals surface area contributed by atoms with Gasteiger partial charge >= 0.3 is 6.03 Å². The Bertz CT molecular complexity index is 1060. The van der Waals surface area contributed by atoms with E-state index in [-0.39, 0.29) is 30.8 Å². The molecule has 5 rings (SSSR count). The molecule has 3 aliphatic heterocycles. The van der Waals surface area contributed by atoms with Crippen LogP contribution in [0.5, 0.6) is 0 Å². The lowest BCUT2D eigenvalue weighted by molar-refractivity contribution is -0.278. The van der Waals surface area contributed by atoms with Crippen LogP contribution >= 0.6 is 0 Å². The van der Waals surface area contributed by atoms with E-state index < -0.39 is 12.1 Å². The number of ether oxygens (including phenoxy) is 4. The van der Waals surface area contributed by atoms with Crippen molar-refractivity contribution in [3.63, 3.8) is 0 Å². The number of hydrogen-bond acceptors (Lipinski definition) is 7. The Morgan fingerprint density at radius 1 is 0.949 bits per heavy atom. The molecule has 2 amide bonds. The average Bonchev–Trinajstić information content (AvgIpc) is 3.43. The predicted octanol–water partition coefficient (Wildman–Crippen LogP) is 3.63. The second-order valence-corrected chi connectivity index (χ2v) is 10.7. The number of carbonyl (C=O) groups is 1. The molecule has 4 atom stereocenters. The molecule has 9 nitrogen and oxygen atoms in total. The minimum Gasteiger partial charge on any atom is -0.392 e. The number of carbonyl (C=O) groups excluding carboxylic acids is 1. The monoisotopic (exact) mass is 539 g/mol. The lowest BCUT2D eigenvalue weighted by Crippen LogP contribution is -2.50. The van der Waals surface area contributed by atoms with E-state index in [0.717, 1.165) is 54.7 Å². The van der Waals surface area contributed by atoms with Crippen LogP contribution < -0.4 is 10.6 Å². The Morgan fingerprint density at radius 3 is 2.23 bits per heavy atom. The van der Waals surface area contributed by atoms with Gasteiger partial charge in [-0.15, -0.1) is 0 Å². The number of hydrogen-bond donors (Lipinski definition) is 3. The molecule has 39 heavy (non-hydrogen) atoms. The summed E-state index contributed by atoms with van der Waals surface area (Å²) >= 11 is 0. The Balaban J connectivity index is 1.29. The van der Waals surface area contributed by atoms with Gasteiger partial charge in [0, 0.05) is 57.0 Å². The molecule has 3 N–H and O–H groups in total. The van der Waals surface area contributed by atoms with Crippen molar-refractivity contribution in [2.45, 2.75) is 64.1 Å². The van der Waals surface area contributed by atoms with E-state index in [1.165, 1.54) is 0 Å². The molecule has 2 aromatic carbocycles. The van der Waals surface area contributed by atoms with Gasteiger partial charge in [0.1, 0.15) is 0 Å². The Labute approximate surface area is 230 Å². The largest absolute Gasteiger partial charge is 0.392 e. The zero-order valence-electron chi connectivity index (χ0n) is 22.9. The fourth-order valence-corrected chi connectivity index (χ4v) is 5.64. The first-order valence-electron chi connectivity index (χ1n) is 14.1. The van der Waals surface area contributed by atoms with Crippen LogP contribution in [0.3, 0.4) is 0 Å². The van der Waals surface area contributed by atoms with Crippen molar-refractivity contribution in [2.75, 3.05) is 39.4 Å². The molecule has 4 unspecified atom stereocenters. The molecule has 2 aromatic rings. The van der Waals surface area contributed by atoms with Crippen LogP contribution in [0.4, 0.5) is 4.79 Å². The van der Waals surface area contributed by atoms with Gasteiger partial charge in [0.25, 0.3) is 0 Å². The highest BCUT2D eigenvalue weighted by molar-refractivity contribution is 5.73. The van der Waals surface area contributed by atoms with Crippen LogP contribution in [-0.2, 0) is 32.1 Å². The maximum absolute atomic E-state index is 11.8. The number of rotatable bonds is 8. The molecule has 3 fully saturated rings. The van der Waals surface area contributed by atoms with Crippen LogP contribution in [-0.4, -0.2) is 67.3 Å². The summed E-state index contributed by atoms with van der Waals surface area (Å²) in [6.45, 7) is 9.10. The summed E-state index contributed by atoms with van der Waals surface area (Å²) in [6, 6.07) is 15.8. The van der Waals surface area contributed by atoms with Gasteiger partial charge in [0.2, 0.25) is 0 Å². The van der Waals surface area contributed by atoms with Crippen LogP contribution in [0, 0.1) is 5.92 Å². The number of likely N-dealkylation sites (tertiary alicyclic amines) is 1. The highest BCUT2D eigenvalue weighted by Gasteiger charge is 2.43. The first-order chi connectivity index (χ1) is 19.0. The summed E-state index contributed by atoms with van der Waals surface area (Å²) in [5.41, 5.74) is 3.89. The summed E-state index contributed by atoms with van der Waals surface area (Å²) in [7, 11) is 0. The number of piperidine rings is 1. The van der Waals surface area contributed by atoms with Crippen LogP contribution in [0.1, 0.15) is 61.3 Å². The van der Waals surface area contributed by atoms with Gasteiger partial charge in [-0.2, -0.15) is 0 Å². The first-order valence-corrected chi connectivity index (χ1v) is 14.1. The number of aliphatic hydroxyl groups excluding tert-OH is 1. The van der Waals surface area contributed by atoms with Crippen molar-refractivity contribution < 1.29 is 28.8 Å². The number of aliphatic hydroxyl groups is 1. The van der Waals surface area contributed by atoms with Gasteiger partial charge in [0.15, 0.2) is 12.1 Å². The van der Waals surface area contributed by atoms with Gasteiger partial charge in [0.05, 0.1) is 32.0 Å². The SMILES string of the molecule is CCNC(=O)NCc1ccc(C2OC(CN3CCC4(CC3)OCCO4)C(C)C(c3ccc(CO)cc3)O2)cc1. The molecule has 0 aromatic heterocycles. The number of nitrogens with zero attached hydrogens (tertiary/aromatic N) is 1. The van der Waals surface area contributed by atoms with Crippen LogP contribution in [0.25, 0.3) is 0 Å². The predicted molar refractivity (Wildman–Crippen MR) is 146 cm³/mol. The fourth-order valence-electron chi connectivity index (χ4n) is 5.64. The van der Waals surface area contributed by atoms with E-state index >= 15 is 0 Å². The van der Waals surface area contributed by atoms with Crippen LogP contribution in [0.15, 0.2) is 48.5 Å². The van der Waals surface area contributed by atoms with Gasteiger partial charge in [-0.1, -0.05) is 55.5 Å². The molecule has 3 heterocycles. The van der Waals surface area contributed by atoms with Crippen molar-refractivity contribution in [2.24, 2.45) is 5.92 Å². The standard InChI is InChI=1S/C30H41N3O6/c1-3-31-29(35)32-18-22-4-10-25(11-5-22)28-38-26(19-33-14-12-30(13-15-33)36-16-17-37-30)21(2)27(39-28)24-8-6-23(20-34)7-9-24/h4-11,21,26-28,34H,3,12-20H2,1-2H3,(H2,31,32,35). The molecule has 3 saturated heterocycles. The van der Waals surface area contributed by atoms with Crippen molar-refractivity contribution in [3.05, 3.63) is 70.8 Å². The second kappa shape index (κ2) is 12.8. The molecule has 9 heteroatoms. The molecule has 0 radical (unpaired) electrons. The number of amides is 2. The van der Waals surface area contributed by atoms with Gasteiger partial charge in [-0.05, 0) is 23.6 Å². The van der Waals surface area contributed by atoms with Gasteiger partial charge in [-0.25, -0.2) is 4.79 Å². The normalized spacial score (nSPS) is 26.9. The Kier molecular flexibility index (Phi) is 9.17. The quantitative estimate of drug-likeness (QED) is 0.471. The molecule has 1 spiro atoms. The minimum atomic E-state index is -0.517. The molecule has 0 bridgehead atoms. The molecule has 0 aliphatic carbocycles. The maximum atomic E-state index is 11.8. The molecule has 212 valence electrons. The van der Waals surface area contributed by atoms with E-state index in [4.69, 9.17) is 18.9 Å². The van der Waals surface area contributed by atoms with Crippen molar-refractivity contribution in [1.29, 1.82) is 0 Å². The Morgan fingerprint density at radius 2 is 1.59 bits per heavy atom. The zero-order chi connectivity index (χ0) is 27.2. The summed E-state index contributed by atoms with van der Waals surface area (Å²) in [5.74, 6) is -0.275. The summed E-state index contributed by atoms with van der Waals surface area (Å²) in [4.78, 5) is 14.2. The van der Waals surface area contributed by atoms with E-state index in [1.54, 1.807) is 0 Å². The van der Waals surface area contributed by atoms with Gasteiger partial charge in [-0.3, -0.25) is 0 Å². The first kappa shape index (κ1) is 28.0. The summed E-state index contributed by atoms with van der Waals surface area (Å²) < 4.78 is 25.0. The third-order valence-electron chi connectivity index (χ3n) is 8.04. The minimum absolute atomic E-state index is 0.0148.